The van der Waals surface area contributed by atoms with Gasteiger partial charge in [-0.05, 0) is 36.2 Å². The van der Waals surface area contributed by atoms with Crippen LogP contribution in [0.5, 0.6) is 0 Å². The van der Waals surface area contributed by atoms with Gasteiger partial charge in [0.2, 0.25) is 0 Å². The molecule has 1 aliphatic rings. The fraction of sp³-hybridized carbons (Fsp3) is 0.200. The summed E-state index contributed by atoms with van der Waals surface area (Å²) in [5.74, 6) is 0.165. The highest BCUT2D eigenvalue weighted by molar-refractivity contribution is 6.31. The quantitative estimate of drug-likeness (QED) is 0.645. The minimum atomic E-state index is -0.504. The van der Waals surface area contributed by atoms with E-state index in [1.54, 1.807) is 6.07 Å². The number of benzene rings is 2. The minimum absolute atomic E-state index is 0.000332. The zero-order valence-electron chi connectivity index (χ0n) is 14.7. The number of aromatic nitrogens is 2. The van der Waals surface area contributed by atoms with Crippen molar-refractivity contribution < 1.29 is 9.18 Å². The third-order valence-electron chi connectivity index (χ3n) is 4.85. The zero-order valence-corrected chi connectivity index (χ0v) is 15.4. The number of anilines is 2. The summed E-state index contributed by atoms with van der Waals surface area (Å²) in [5.41, 5.74) is 3.66. The molecular formula is C20H18ClFN4O. The highest BCUT2D eigenvalue weighted by Gasteiger charge is 2.29. The van der Waals surface area contributed by atoms with Gasteiger partial charge in [-0.3, -0.25) is 4.79 Å². The van der Waals surface area contributed by atoms with Gasteiger partial charge in [-0.1, -0.05) is 29.8 Å². The molecule has 2 N–H and O–H groups in total. The second-order valence-electron chi connectivity index (χ2n) is 6.37. The predicted molar refractivity (Wildman–Crippen MR) is 105 cm³/mol. The van der Waals surface area contributed by atoms with Crippen molar-refractivity contribution in [3.05, 3.63) is 64.4 Å². The number of hydrogen-bond donors (Lipinski definition) is 2. The van der Waals surface area contributed by atoms with Gasteiger partial charge in [-0.15, -0.1) is 0 Å². The number of rotatable bonds is 4. The van der Waals surface area contributed by atoms with Gasteiger partial charge in [-0.2, -0.15) is 5.10 Å². The van der Waals surface area contributed by atoms with Gasteiger partial charge in [0, 0.05) is 24.8 Å². The smallest absolute Gasteiger partial charge is 0.156 e. The van der Waals surface area contributed by atoms with Crippen molar-refractivity contribution in [2.45, 2.75) is 12.5 Å². The molecule has 1 atom stereocenters. The van der Waals surface area contributed by atoms with Crippen LogP contribution in [0.25, 0.3) is 11.3 Å². The van der Waals surface area contributed by atoms with Crippen molar-refractivity contribution in [1.82, 2.24) is 9.78 Å². The number of fused-ring (bicyclic) bond motifs is 1. The first-order chi connectivity index (χ1) is 13.1. The van der Waals surface area contributed by atoms with E-state index >= 15 is 0 Å². The van der Waals surface area contributed by atoms with E-state index in [4.69, 9.17) is 16.7 Å². The van der Waals surface area contributed by atoms with Crippen LogP contribution >= 0.6 is 11.6 Å². The SMILES string of the molecule is CNc1ccccc1C1CCNc2c(C=O)c(-c3ccc(F)c(Cl)c3)nn21. The monoisotopic (exact) mass is 384 g/mol. The van der Waals surface area contributed by atoms with Gasteiger partial charge in [0.15, 0.2) is 6.29 Å². The minimum Gasteiger partial charge on any atom is -0.388 e. The molecule has 1 aromatic heterocycles. The summed E-state index contributed by atoms with van der Waals surface area (Å²) >= 11 is 5.93. The van der Waals surface area contributed by atoms with Gasteiger partial charge < -0.3 is 10.6 Å². The Labute approximate surface area is 161 Å². The normalized spacial score (nSPS) is 15.7. The average molecular weight is 385 g/mol. The number of para-hydroxylation sites is 1. The van der Waals surface area contributed by atoms with Crippen LogP contribution in [0.3, 0.4) is 0 Å². The third kappa shape index (κ3) is 2.96. The lowest BCUT2D eigenvalue weighted by molar-refractivity contribution is 0.112. The summed E-state index contributed by atoms with van der Waals surface area (Å²) in [6, 6.07) is 12.4. The van der Waals surface area contributed by atoms with Crippen LogP contribution in [0.4, 0.5) is 15.9 Å². The number of nitrogens with zero attached hydrogens (tertiary/aromatic N) is 2. The molecule has 5 nitrogen and oxygen atoms in total. The second kappa shape index (κ2) is 7.04. The van der Waals surface area contributed by atoms with Gasteiger partial charge in [0.05, 0.1) is 16.6 Å². The van der Waals surface area contributed by atoms with E-state index in [2.05, 4.69) is 16.7 Å². The van der Waals surface area contributed by atoms with E-state index in [0.29, 0.717) is 22.6 Å². The van der Waals surface area contributed by atoms with Crippen molar-refractivity contribution in [1.29, 1.82) is 0 Å². The van der Waals surface area contributed by atoms with Gasteiger partial charge in [0.1, 0.15) is 17.3 Å². The van der Waals surface area contributed by atoms with E-state index in [1.807, 2.05) is 29.9 Å². The van der Waals surface area contributed by atoms with Crippen molar-refractivity contribution in [3.8, 4) is 11.3 Å². The van der Waals surface area contributed by atoms with Crippen LogP contribution < -0.4 is 10.6 Å². The Morgan fingerprint density at radius 2 is 2.15 bits per heavy atom. The molecule has 7 heteroatoms. The number of carbonyl (C=O) groups is 1. The summed E-state index contributed by atoms with van der Waals surface area (Å²) in [7, 11) is 1.88. The molecular weight excluding hydrogens is 367 g/mol. The molecule has 3 aromatic rings. The number of aldehydes is 1. The lowest BCUT2D eigenvalue weighted by atomic mass is 10.00. The van der Waals surface area contributed by atoms with Crippen LogP contribution in [-0.2, 0) is 0 Å². The molecule has 1 aliphatic heterocycles. The molecule has 0 saturated carbocycles. The fourth-order valence-electron chi connectivity index (χ4n) is 3.57. The van der Waals surface area contributed by atoms with Gasteiger partial charge in [0.25, 0.3) is 0 Å². The standard InChI is InChI=1S/C20H18ClFN4O/c1-23-17-5-3-2-4-13(17)18-8-9-24-20-14(11-27)19(25-26(18)20)12-6-7-16(22)15(21)10-12/h2-7,10-11,18,23-24H,8-9H2,1H3. The highest BCUT2D eigenvalue weighted by atomic mass is 35.5. The number of carbonyl (C=O) groups excluding carboxylic acids is 1. The van der Waals surface area contributed by atoms with Crippen LogP contribution in [-0.4, -0.2) is 29.7 Å². The van der Waals surface area contributed by atoms with Crippen LogP contribution in [0, 0.1) is 5.82 Å². The molecule has 2 heterocycles. The molecule has 1 unspecified atom stereocenters. The molecule has 4 rings (SSSR count). The van der Waals surface area contributed by atoms with Crippen molar-refractivity contribution in [2.75, 3.05) is 24.2 Å². The summed E-state index contributed by atoms with van der Waals surface area (Å²) in [5, 5.41) is 11.2. The Morgan fingerprint density at radius 3 is 2.89 bits per heavy atom. The number of halogens is 2. The maximum Gasteiger partial charge on any atom is 0.156 e. The van der Waals surface area contributed by atoms with Gasteiger partial charge in [-0.25, -0.2) is 9.07 Å². The van der Waals surface area contributed by atoms with E-state index in [9.17, 15) is 9.18 Å². The van der Waals surface area contributed by atoms with E-state index in [-0.39, 0.29) is 11.1 Å². The Morgan fingerprint density at radius 1 is 1.33 bits per heavy atom. The fourth-order valence-corrected chi connectivity index (χ4v) is 3.75. The summed E-state index contributed by atoms with van der Waals surface area (Å²) in [6.45, 7) is 0.721. The average Bonchev–Trinajstić information content (AvgIpc) is 3.08. The first-order valence-corrected chi connectivity index (χ1v) is 9.05. The Hall–Kier alpha value is -2.86. The van der Waals surface area contributed by atoms with Crippen molar-refractivity contribution in [2.24, 2.45) is 0 Å². The highest BCUT2D eigenvalue weighted by Crippen LogP contribution is 2.38. The van der Waals surface area contributed by atoms with Crippen LogP contribution in [0.15, 0.2) is 42.5 Å². The predicted octanol–water partition coefficient (Wildman–Crippen LogP) is 4.60. The molecule has 27 heavy (non-hydrogen) atoms. The molecule has 0 spiro atoms. The van der Waals surface area contributed by atoms with E-state index in [1.165, 1.54) is 12.1 Å². The molecule has 0 fully saturated rings. The molecule has 0 bridgehead atoms. The zero-order chi connectivity index (χ0) is 19.0. The molecule has 0 saturated heterocycles. The summed E-state index contributed by atoms with van der Waals surface area (Å²) in [6.07, 6.45) is 1.61. The first kappa shape index (κ1) is 17.5. The molecule has 0 aliphatic carbocycles. The van der Waals surface area contributed by atoms with Crippen molar-refractivity contribution in [3.63, 3.8) is 0 Å². The summed E-state index contributed by atoms with van der Waals surface area (Å²) in [4.78, 5) is 11.8. The maximum absolute atomic E-state index is 13.5. The van der Waals surface area contributed by atoms with E-state index < -0.39 is 5.82 Å². The Bertz CT molecular complexity index is 1020. The van der Waals surface area contributed by atoms with Crippen LogP contribution in [0.2, 0.25) is 5.02 Å². The van der Waals surface area contributed by atoms with Gasteiger partial charge >= 0.3 is 0 Å². The Balaban J connectivity index is 1.88. The lowest BCUT2D eigenvalue weighted by Crippen LogP contribution is -2.25. The third-order valence-corrected chi connectivity index (χ3v) is 5.14. The summed E-state index contributed by atoms with van der Waals surface area (Å²) < 4.78 is 15.4. The number of nitrogens with one attached hydrogen (secondary N) is 2. The second-order valence-corrected chi connectivity index (χ2v) is 6.78. The van der Waals surface area contributed by atoms with Crippen molar-refractivity contribution >= 4 is 29.4 Å². The topological polar surface area (TPSA) is 58.9 Å². The Kier molecular flexibility index (Phi) is 4.58. The maximum atomic E-state index is 13.5. The van der Waals surface area contributed by atoms with E-state index in [0.717, 1.165) is 30.5 Å². The molecule has 0 amide bonds. The lowest BCUT2D eigenvalue weighted by Gasteiger charge is -2.27. The largest absolute Gasteiger partial charge is 0.388 e. The molecule has 2 aromatic carbocycles. The first-order valence-electron chi connectivity index (χ1n) is 8.67. The number of hydrogen-bond acceptors (Lipinski definition) is 4. The molecule has 138 valence electrons. The molecule has 0 radical (unpaired) electrons. The van der Waals surface area contributed by atoms with Crippen LogP contribution in [0.1, 0.15) is 28.4 Å².